The number of fused-ring (bicyclic) bond motifs is 1. The highest BCUT2D eigenvalue weighted by molar-refractivity contribution is 5.04. The lowest BCUT2D eigenvalue weighted by Gasteiger charge is -2.54. The van der Waals surface area contributed by atoms with E-state index in [0.717, 1.165) is 11.8 Å². The molecule has 0 aromatic rings. The molecule has 0 heterocycles. The third-order valence-corrected chi connectivity index (χ3v) is 4.29. The highest BCUT2D eigenvalue weighted by Gasteiger charge is 2.50. The topological polar surface area (TPSA) is 21.3 Å². The smallest absolute Gasteiger partial charge is 0.0758 e. The van der Waals surface area contributed by atoms with Crippen LogP contribution in [0.3, 0.4) is 0 Å². The summed E-state index contributed by atoms with van der Waals surface area (Å²) in [5.74, 6) is 1.78. The molecule has 0 saturated heterocycles. The van der Waals surface area contributed by atoms with Gasteiger partial charge >= 0.3 is 0 Å². The molecular weight excluding hydrogens is 186 g/mol. The Kier molecular flexibility index (Phi) is 4.04. The van der Waals surface area contributed by atoms with Crippen LogP contribution in [0.1, 0.15) is 45.4 Å². The monoisotopic (exact) mass is 211 g/mol. The summed E-state index contributed by atoms with van der Waals surface area (Å²) in [6.07, 6.45) is 8.76. The lowest BCUT2D eigenvalue weighted by Crippen LogP contribution is -2.63. The maximum atomic E-state index is 5.64. The molecule has 15 heavy (non-hydrogen) atoms. The van der Waals surface area contributed by atoms with Crippen molar-refractivity contribution in [3.63, 3.8) is 0 Å². The first-order valence-corrected chi connectivity index (χ1v) is 6.64. The molecule has 0 aromatic carbocycles. The molecule has 2 nitrogen and oxygen atoms in total. The van der Waals surface area contributed by atoms with Crippen molar-refractivity contribution in [2.45, 2.75) is 57.6 Å². The van der Waals surface area contributed by atoms with Crippen LogP contribution in [0.25, 0.3) is 0 Å². The fraction of sp³-hybridized carbons (Fsp3) is 1.00. The van der Waals surface area contributed by atoms with E-state index in [1.54, 1.807) is 0 Å². The minimum absolute atomic E-state index is 0.507. The van der Waals surface area contributed by atoms with Crippen LogP contribution in [0, 0.1) is 11.8 Å². The van der Waals surface area contributed by atoms with E-state index in [1.165, 1.54) is 45.1 Å². The first kappa shape index (κ1) is 11.4. The fourth-order valence-electron chi connectivity index (χ4n) is 3.44. The first-order valence-electron chi connectivity index (χ1n) is 6.64. The van der Waals surface area contributed by atoms with Gasteiger partial charge in [0.2, 0.25) is 0 Å². The van der Waals surface area contributed by atoms with Crippen molar-refractivity contribution >= 4 is 0 Å². The summed E-state index contributed by atoms with van der Waals surface area (Å²) < 4.78 is 5.64. The van der Waals surface area contributed by atoms with Crippen molar-refractivity contribution in [1.29, 1.82) is 0 Å². The maximum absolute atomic E-state index is 5.64. The second kappa shape index (κ2) is 5.31. The summed E-state index contributed by atoms with van der Waals surface area (Å²) in [5.41, 5.74) is 0. The molecule has 0 aliphatic heterocycles. The van der Waals surface area contributed by atoms with E-state index in [2.05, 4.69) is 12.2 Å². The van der Waals surface area contributed by atoms with Gasteiger partial charge in [0.1, 0.15) is 0 Å². The molecule has 4 atom stereocenters. The highest BCUT2D eigenvalue weighted by atomic mass is 16.5. The zero-order valence-corrected chi connectivity index (χ0v) is 10.2. The Bertz CT molecular complexity index is 189. The van der Waals surface area contributed by atoms with Crippen molar-refractivity contribution in [1.82, 2.24) is 5.32 Å². The Balaban J connectivity index is 1.81. The summed E-state index contributed by atoms with van der Waals surface area (Å²) >= 11 is 0. The zero-order chi connectivity index (χ0) is 10.7. The number of rotatable bonds is 5. The van der Waals surface area contributed by atoms with Gasteiger partial charge in [0, 0.05) is 13.2 Å². The molecule has 1 N–H and O–H groups in total. The SMILES string of the molecule is CCCCNC1C2CCCC[C@H]2C1OC. The van der Waals surface area contributed by atoms with Crippen LogP contribution in [-0.2, 0) is 4.74 Å². The molecule has 0 bridgehead atoms. The van der Waals surface area contributed by atoms with Crippen molar-refractivity contribution in [3.05, 3.63) is 0 Å². The van der Waals surface area contributed by atoms with Gasteiger partial charge in [0.05, 0.1) is 6.10 Å². The molecule has 0 radical (unpaired) electrons. The standard InChI is InChI=1S/C13H25NO/c1-3-4-9-14-12-10-7-5-6-8-11(10)13(12)15-2/h10-14H,3-9H2,1-2H3/t10?,11-,12?,13?/m1/s1. The first-order chi connectivity index (χ1) is 7.38. The van der Waals surface area contributed by atoms with Gasteiger partial charge in [-0.1, -0.05) is 26.2 Å². The molecule has 2 saturated carbocycles. The molecule has 88 valence electrons. The third-order valence-electron chi connectivity index (χ3n) is 4.29. The van der Waals surface area contributed by atoms with Crippen LogP contribution in [-0.4, -0.2) is 25.8 Å². The molecule has 3 unspecified atom stereocenters. The normalized spacial score (nSPS) is 39.6. The van der Waals surface area contributed by atoms with Crippen molar-refractivity contribution in [2.24, 2.45) is 11.8 Å². The largest absolute Gasteiger partial charge is 0.380 e. The second-order valence-electron chi connectivity index (χ2n) is 5.15. The van der Waals surface area contributed by atoms with Gasteiger partial charge in [-0.2, -0.15) is 0 Å². The maximum Gasteiger partial charge on any atom is 0.0758 e. The Morgan fingerprint density at radius 2 is 1.93 bits per heavy atom. The van der Waals surface area contributed by atoms with Gasteiger partial charge in [-0.15, -0.1) is 0 Å². The van der Waals surface area contributed by atoms with E-state index in [0.29, 0.717) is 12.1 Å². The molecule has 2 fully saturated rings. The van der Waals surface area contributed by atoms with E-state index >= 15 is 0 Å². The number of ether oxygens (including phenoxy) is 1. The molecule has 2 aliphatic rings. The summed E-state index contributed by atoms with van der Waals surface area (Å²) in [7, 11) is 1.88. The van der Waals surface area contributed by atoms with Crippen molar-refractivity contribution in [2.75, 3.05) is 13.7 Å². The molecular formula is C13H25NO. The minimum Gasteiger partial charge on any atom is -0.380 e. The van der Waals surface area contributed by atoms with E-state index in [4.69, 9.17) is 4.74 Å². The fourth-order valence-corrected chi connectivity index (χ4v) is 3.44. The molecule has 2 heteroatoms. The van der Waals surface area contributed by atoms with Crippen LogP contribution in [0.5, 0.6) is 0 Å². The second-order valence-corrected chi connectivity index (χ2v) is 5.15. The predicted molar refractivity (Wildman–Crippen MR) is 62.9 cm³/mol. The number of hydrogen-bond donors (Lipinski definition) is 1. The molecule has 2 rings (SSSR count). The van der Waals surface area contributed by atoms with Crippen LogP contribution in [0.4, 0.5) is 0 Å². The Morgan fingerprint density at radius 1 is 1.20 bits per heavy atom. The molecule has 0 amide bonds. The van der Waals surface area contributed by atoms with Gasteiger partial charge in [-0.05, 0) is 37.6 Å². The molecule has 2 aliphatic carbocycles. The third kappa shape index (κ3) is 2.21. The van der Waals surface area contributed by atoms with Crippen molar-refractivity contribution < 1.29 is 4.74 Å². The average Bonchev–Trinajstić information content (AvgIpc) is 2.26. The number of methoxy groups -OCH3 is 1. The van der Waals surface area contributed by atoms with Gasteiger partial charge in [-0.3, -0.25) is 0 Å². The highest BCUT2D eigenvalue weighted by Crippen LogP contribution is 2.46. The predicted octanol–water partition coefficient (Wildman–Crippen LogP) is 2.58. The Morgan fingerprint density at radius 3 is 2.60 bits per heavy atom. The number of unbranched alkanes of at least 4 members (excludes halogenated alkanes) is 1. The van der Waals surface area contributed by atoms with Crippen LogP contribution < -0.4 is 5.32 Å². The van der Waals surface area contributed by atoms with E-state index in [1.807, 2.05) is 7.11 Å². The van der Waals surface area contributed by atoms with Crippen molar-refractivity contribution in [3.8, 4) is 0 Å². The van der Waals surface area contributed by atoms with E-state index in [-0.39, 0.29) is 0 Å². The Hall–Kier alpha value is -0.0800. The lowest BCUT2D eigenvalue weighted by molar-refractivity contribution is -0.114. The van der Waals surface area contributed by atoms with Gasteiger partial charge < -0.3 is 10.1 Å². The Labute approximate surface area is 93.8 Å². The van der Waals surface area contributed by atoms with Gasteiger partial charge in [0.15, 0.2) is 0 Å². The summed E-state index contributed by atoms with van der Waals surface area (Å²) in [4.78, 5) is 0. The summed E-state index contributed by atoms with van der Waals surface area (Å²) in [5, 5.41) is 3.70. The summed E-state index contributed by atoms with van der Waals surface area (Å²) in [6, 6.07) is 0.659. The van der Waals surface area contributed by atoms with E-state index < -0.39 is 0 Å². The average molecular weight is 211 g/mol. The molecule has 0 spiro atoms. The molecule has 0 aromatic heterocycles. The van der Waals surface area contributed by atoms with Crippen LogP contribution in [0.15, 0.2) is 0 Å². The van der Waals surface area contributed by atoms with Crippen LogP contribution in [0.2, 0.25) is 0 Å². The number of nitrogens with one attached hydrogen (secondary N) is 1. The van der Waals surface area contributed by atoms with Gasteiger partial charge in [0.25, 0.3) is 0 Å². The quantitative estimate of drug-likeness (QED) is 0.706. The number of hydrogen-bond acceptors (Lipinski definition) is 2. The van der Waals surface area contributed by atoms with Crippen LogP contribution >= 0.6 is 0 Å². The van der Waals surface area contributed by atoms with E-state index in [9.17, 15) is 0 Å². The lowest BCUT2D eigenvalue weighted by atomic mass is 9.60. The minimum atomic E-state index is 0.507. The summed E-state index contributed by atoms with van der Waals surface area (Å²) in [6.45, 7) is 3.42. The zero-order valence-electron chi connectivity index (χ0n) is 10.2. The van der Waals surface area contributed by atoms with Gasteiger partial charge in [-0.25, -0.2) is 0 Å².